The molecule has 1 rings (SSSR count). The van der Waals surface area contributed by atoms with Gasteiger partial charge in [0.05, 0.1) is 6.54 Å². The van der Waals surface area contributed by atoms with Crippen LogP contribution in [0.2, 0.25) is 0 Å². The van der Waals surface area contributed by atoms with E-state index in [9.17, 15) is 14.4 Å². The highest BCUT2D eigenvalue weighted by Crippen LogP contribution is 2.04. The third-order valence-corrected chi connectivity index (χ3v) is 3.18. The van der Waals surface area contributed by atoms with E-state index in [1.165, 1.54) is 0 Å². The lowest BCUT2D eigenvalue weighted by Gasteiger charge is -2.27. The minimum absolute atomic E-state index is 0.125. The molecule has 1 aliphatic heterocycles. The first-order chi connectivity index (χ1) is 9.90. The summed E-state index contributed by atoms with van der Waals surface area (Å²) in [6.45, 7) is 6.36. The van der Waals surface area contributed by atoms with Crippen molar-refractivity contribution in [3.63, 3.8) is 0 Å². The SMILES string of the molecule is CC(C)C[C@@H](NC(=O)NCC(=O)N1CCNCC1)C(=O)O. The van der Waals surface area contributed by atoms with E-state index in [0.717, 1.165) is 13.1 Å². The Kier molecular flexibility index (Phi) is 6.93. The van der Waals surface area contributed by atoms with E-state index in [1.54, 1.807) is 4.90 Å². The molecule has 1 aliphatic rings. The lowest BCUT2D eigenvalue weighted by Crippen LogP contribution is -2.52. The fourth-order valence-corrected chi connectivity index (χ4v) is 2.08. The van der Waals surface area contributed by atoms with Gasteiger partial charge in [-0.05, 0) is 12.3 Å². The second kappa shape index (κ2) is 8.46. The summed E-state index contributed by atoms with van der Waals surface area (Å²) in [6, 6.07) is -1.58. The Morgan fingerprint density at radius 2 is 1.86 bits per heavy atom. The summed E-state index contributed by atoms with van der Waals surface area (Å²) < 4.78 is 0. The number of amides is 3. The molecule has 0 aromatic heterocycles. The highest BCUT2D eigenvalue weighted by molar-refractivity contribution is 5.86. The van der Waals surface area contributed by atoms with E-state index < -0.39 is 18.0 Å². The molecular formula is C13H24N4O4. The van der Waals surface area contributed by atoms with Crippen LogP contribution in [-0.4, -0.2) is 66.7 Å². The predicted molar refractivity (Wildman–Crippen MR) is 76.9 cm³/mol. The van der Waals surface area contributed by atoms with Crippen molar-refractivity contribution in [2.24, 2.45) is 5.92 Å². The van der Waals surface area contributed by atoms with E-state index in [2.05, 4.69) is 16.0 Å². The largest absolute Gasteiger partial charge is 0.480 e. The van der Waals surface area contributed by atoms with Gasteiger partial charge in [0.2, 0.25) is 5.91 Å². The first kappa shape index (κ1) is 17.2. The van der Waals surface area contributed by atoms with Gasteiger partial charge in [-0.2, -0.15) is 0 Å². The molecule has 8 nitrogen and oxygen atoms in total. The minimum atomic E-state index is -1.08. The number of nitrogens with one attached hydrogen (secondary N) is 3. The molecule has 0 radical (unpaired) electrons. The molecular weight excluding hydrogens is 276 g/mol. The van der Waals surface area contributed by atoms with Gasteiger partial charge in [0.15, 0.2) is 0 Å². The van der Waals surface area contributed by atoms with Gasteiger partial charge in [-0.1, -0.05) is 13.8 Å². The Bertz CT molecular complexity index is 380. The summed E-state index contributed by atoms with van der Waals surface area (Å²) in [7, 11) is 0. The summed E-state index contributed by atoms with van der Waals surface area (Å²) in [5, 5.41) is 16.9. The van der Waals surface area contributed by atoms with Crippen LogP contribution in [0.1, 0.15) is 20.3 Å². The summed E-state index contributed by atoms with van der Waals surface area (Å²) in [5.41, 5.74) is 0. The molecule has 21 heavy (non-hydrogen) atoms. The van der Waals surface area contributed by atoms with Crippen LogP contribution in [0.5, 0.6) is 0 Å². The number of piperazine rings is 1. The van der Waals surface area contributed by atoms with E-state index in [1.807, 2.05) is 13.8 Å². The van der Waals surface area contributed by atoms with Crippen LogP contribution in [0.4, 0.5) is 4.79 Å². The highest BCUT2D eigenvalue weighted by atomic mass is 16.4. The maximum atomic E-state index is 11.8. The average molecular weight is 300 g/mol. The number of hydrogen-bond donors (Lipinski definition) is 4. The van der Waals surface area contributed by atoms with Gasteiger partial charge in [-0.25, -0.2) is 9.59 Å². The molecule has 0 aliphatic carbocycles. The van der Waals surface area contributed by atoms with Crippen LogP contribution in [-0.2, 0) is 9.59 Å². The summed E-state index contributed by atoms with van der Waals surface area (Å²) >= 11 is 0. The molecule has 3 amide bonds. The number of urea groups is 1. The molecule has 8 heteroatoms. The van der Waals surface area contributed by atoms with Gasteiger partial charge in [-0.3, -0.25) is 4.79 Å². The number of carbonyl (C=O) groups excluding carboxylic acids is 2. The van der Waals surface area contributed by atoms with Crippen molar-refractivity contribution in [2.45, 2.75) is 26.3 Å². The first-order valence-corrected chi connectivity index (χ1v) is 7.15. The Labute approximate surface area is 124 Å². The maximum Gasteiger partial charge on any atom is 0.326 e. The van der Waals surface area contributed by atoms with Crippen LogP contribution in [0.25, 0.3) is 0 Å². The third-order valence-electron chi connectivity index (χ3n) is 3.18. The quantitative estimate of drug-likeness (QED) is 0.514. The second-order valence-electron chi connectivity index (χ2n) is 5.48. The molecule has 4 N–H and O–H groups in total. The smallest absolute Gasteiger partial charge is 0.326 e. The van der Waals surface area contributed by atoms with Gasteiger partial charge < -0.3 is 26.0 Å². The fraction of sp³-hybridized carbons (Fsp3) is 0.769. The Morgan fingerprint density at radius 1 is 1.24 bits per heavy atom. The monoisotopic (exact) mass is 300 g/mol. The molecule has 1 saturated heterocycles. The molecule has 1 atom stereocenters. The third kappa shape index (κ3) is 6.44. The van der Waals surface area contributed by atoms with E-state index >= 15 is 0 Å². The number of hydrogen-bond acceptors (Lipinski definition) is 4. The zero-order valence-corrected chi connectivity index (χ0v) is 12.5. The molecule has 1 heterocycles. The normalized spacial score (nSPS) is 16.4. The number of carbonyl (C=O) groups is 3. The molecule has 0 unspecified atom stereocenters. The first-order valence-electron chi connectivity index (χ1n) is 7.15. The number of nitrogens with zero attached hydrogens (tertiary/aromatic N) is 1. The van der Waals surface area contributed by atoms with Crippen molar-refractivity contribution in [3.8, 4) is 0 Å². The lowest BCUT2D eigenvalue weighted by atomic mass is 10.0. The van der Waals surface area contributed by atoms with Gasteiger partial charge in [-0.15, -0.1) is 0 Å². The van der Waals surface area contributed by atoms with E-state index in [-0.39, 0.29) is 18.4 Å². The molecule has 0 bridgehead atoms. The highest BCUT2D eigenvalue weighted by Gasteiger charge is 2.22. The van der Waals surface area contributed by atoms with Crippen molar-refractivity contribution in [3.05, 3.63) is 0 Å². The fourth-order valence-electron chi connectivity index (χ4n) is 2.08. The van der Waals surface area contributed by atoms with Crippen molar-refractivity contribution in [2.75, 3.05) is 32.7 Å². The average Bonchev–Trinajstić information content (AvgIpc) is 2.44. The molecule has 120 valence electrons. The molecule has 0 spiro atoms. The number of carboxylic acids is 1. The lowest BCUT2D eigenvalue weighted by molar-refractivity contribution is -0.139. The molecule has 0 aromatic rings. The number of rotatable bonds is 6. The number of carboxylic acid groups (broad SMARTS) is 1. The standard InChI is InChI=1S/C13H24N4O4/c1-9(2)7-10(12(19)20)16-13(21)15-8-11(18)17-5-3-14-4-6-17/h9-10,14H,3-8H2,1-2H3,(H,19,20)(H2,15,16,21)/t10-/m1/s1. The van der Waals surface area contributed by atoms with Gasteiger partial charge >= 0.3 is 12.0 Å². The van der Waals surface area contributed by atoms with Crippen LogP contribution >= 0.6 is 0 Å². The summed E-state index contributed by atoms with van der Waals surface area (Å²) in [5.74, 6) is -1.09. The molecule has 0 aromatic carbocycles. The zero-order chi connectivity index (χ0) is 15.8. The van der Waals surface area contributed by atoms with Gasteiger partial charge in [0.25, 0.3) is 0 Å². The Hall–Kier alpha value is -1.83. The van der Waals surface area contributed by atoms with Gasteiger partial charge in [0.1, 0.15) is 6.04 Å². The van der Waals surface area contributed by atoms with E-state index in [0.29, 0.717) is 19.5 Å². The topological polar surface area (TPSA) is 111 Å². The van der Waals surface area contributed by atoms with E-state index in [4.69, 9.17) is 5.11 Å². The predicted octanol–water partition coefficient (Wildman–Crippen LogP) is -0.783. The van der Waals surface area contributed by atoms with Crippen molar-refractivity contribution in [1.29, 1.82) is 0 Å². The Morgan fingerprint density at radius 3 is 2.38 bits per heavy atom. The van der Waals surface area contributed by atoms with Gasteiger partial charge in [0, 0.05) is 26.2 Å². The van der Waals surface area contributed by atoms with Crippen molar-refractivity contribution in [1.82, 2.24) is 20.9 Å². The minimum Gasteiger partial charge on any atom is -0.480 e. The van der Waals surface area contributed by atoms with Crippen LogP contribution < -0.4 is 16.0 Å². The zero-order valence-electron chi connectivity index (χ0n) is 12.5. The molecule has 0 saturated carbocycles. The second-order valence-corrected chi connectivity index (χ2v) is 5.48. The van der Waals surface area contributed by atoms with Crippen LogP contribution in [0.15, 0.2) is 0 Å². The Balaban J connectivity index is 2.34. The summed E-state index contributed by atoms with van der Waals surface area (Å²) in [4.78, 5) is 36.2. The van der Waals surface area contributed by atoms with Crippen molar-refractivity contribution >= 4 is 17.9 Å². The van der Waals surface area contributed by atoms with Crippen LogP contribution in [0.3, 0.4) is 0 Å². The number of aliphatic carboxylic acids is 1. The molecule has 1 fully saturated rings. The van der Waals surface area contributed by atoms with Crippen molar-refractivity contribution < 1.29 is 19.5 Å². The maximum absolute atomic E-state index is 11.8. The van der Waals surface area contributed by atoms with Crippen LogP contribution in [0, 0.1) is 5.92 Å². The summed E-state index contributed by atoms with van der Waals surface area (Å²) in [6.07, 6.45) is 0.342.